The van der Waals surface area contributed by atoms with Gasteiger partial charge in [0.25, 0.3) is 5.91 Å². The summed E-state index contributed by atoms with van der Waals surface area (Å²) >= 11 is 0. The molecule has 1 saturated carbocycles. The molecule has 0 unspecified atom stereocenters. The molecule has 4 aliphatic rings. The maximum atomic E-state index is 13.6. The predicted molar refractivity (Wildman–Crippen MR) is 135 cm³/mol. The highest BCUT2D eigenvalue weighted by Gasteiger charge is 2.41. The van der Waals surface area contributed by atoms with Gasteiger partial charge in [0.2, 0.25) is 11.8 Å². The van der Waals surface area contributed by atoms with E-state index in [2.05, 4.69) is 16.3 Å². The average Bonchev–Trinajstić information content (AvgIpc) is 3.20. The Bertz CT molecular complexity index is 1350. The maximum Gasteiger partial charge on any atom is 0.255 e. The molecule has 1 N–H and O–H groups in total. The van der Waals surface area contributed by atoms with Crippen molar-refractivity contribution in [3.63, 3.8) is 0 Å². The van der Waals surface area contributed by atoms with Gasteiger partial charge in [0.1, 0.15) is 23.7 Å². The maximum absolute atomic E-state index is 13.6. The first-order valence-corrected chi connectivity index (χ1v) is 13.3. The van der Waals surface area contributed by atoms with Gasteiger partial charge in [-0.25, -0.2) is 4.39 Å². The molecule has 3 aliphatic heterocycles. The normalized spacial score (nSPS) is 25.9. The molecule has 3 fully saturated rings. The number of likely N-dealkylation sites (tertiary alicyclic amines) is 1. The Morgan fingerprint density at radius 2 is 1.84 bits per heavy atom. The van der Waals surface area contributed by atoms with E-state index in [-0.39, 0.29) is 36.3 Å². The number of benzene rings is 2. The van der Waals surface area contributed by atoms with Crippen LogP contribution in [0.1, 0.15) is 71.5 Å². The van der Waals surface area contributed by atoms with Gasteiger partial charge in [-0.3, -0.25) is 24.6 Å². The van der Waals surface area contributed by atoms with Gasteiger partial charge in [-0.2, -0.15) is 5.26 Å². The molecule has 0 bridgehead atoms. The minimum atomic E-state index is -0.637. The number of hydrogen-bond donors (Lipinski definition) is 1. The Labute approximate surface area is 220 Å². The number of piperidine rings is 1. The number of nitriles is 1. The number of ether oxygens (including phenoxy) is 1. The first kappa shape index (κ1) is 24.6. The highest BCUT2D eigenvalue weighted by molar-refractivity contribution is 6.05. The molecule has 3 amide bonds. The first-order valence-electron chi connectivity index (χ1n) is 13.3. The van der Waals surface area contributed by atoms with Crippen LogP contribution in [0.3, 0.4) is 0 Å². The van der Waals surface area contributed by atoms with E-state index in [4.69, 9.17) is 4.74 Å². The fourth-order valence-corrected chi connectivity index (χ4v) is 6.39. The van der Waals surface area contributed by atoms with Gasteiger partial charge in [-0.15, -0.1) is 0 Å². The van der Waals surface area contributed by atoms with Crippen molar-refractivity contribution in [3.05, 3.63) is 64.5 Å². The van der Waals surface area contributed by atoms with E-state index in [9.17, 15) is 24.0 Å². The SMILES string of the molecule is N#Cc1cc(F)ccc1C1CN([C@H]2CCCC[C@@H]2Oc2ccc3c(c2)CN([C@H]2CCC(=O)NC2=O)C3=O)C1. The number of halogens is 1. The second-order valence-electron chi connectivity index (χ2n) is 10.7. The standard InChI is InChI=1S/C29H29FN4O4/c30-20-5-7-22(17(11-20)13-31)19-14-33(15-19)24-3-1-2-4-26(24)38-21-6-8-23-18(12-21)16-34(29(23)37)25-9-10-27(35)32-28(25)36/h5-8,11-12,19,24-26H,1-4,9-10,14-16H2,(H,32,35,36)/t24-,25-,26-/m0/s1. The van der Waals surface area contributed by atoms with Crippen LogP contribution >= 0.6 is 0 Å². The number of nitrogens with one attached hydrogen (secondary N) is 1. The van der Waals surface area contributed by atoms with Gasteiger partial charge in [-0.05, 0) is 67.1 Å². The summed E-state index contributed by atoms with van der Waals surface area (Å²) in [7, 11) is 0. The molecule has 2 aromatic carbocycles. The number of amides is 3. The fraction of sp³-hybridized carbons (Fsp3) is 0.448. The van der Waals surface area contributed by atoms with E-state index in [1.54, 1.807) is 17.0 Å². The summed E-state index contributed by atoms with van der Waals surface area (Å²) in [5.41, 5.74) is 2.71. The molecular weight excluding hydrogens is 487 g/mol. The van der Waals surface area contributed by atoms with Crippen LogP contribution in [-0.2, 0) is 16.1 Å². The zero-order valence-corrected chi connectivity index (χ0v) is 21.0. The zero-order valence-electron chi connectivity index (χ0n) is 21.0. The van der Waals surface area contributed by atoms with Crippen molar-refractivity contribution >= 4 is 17.7 Å². The Kier molecular flexibility index (Phi) is 6.36. The molecule has 8 nitrogen and oxygen atoms in total. The number of imide groups is 1. The molecule has 196 valence electrons. The van der Waals surface area contributed by atoms with Crippen molar-refractivity contribution in [1.82, 2.24) is 15.1 Å². The summed E-state index contributed by atoms with van der Waals surface area (Å²) in [5, 5.41) is 11.8. The van der Waals surface area contributed by atoms with Crippen molar-refractivity contribution in [2.45, 2.75) is 69.2 Å². The van der Waals surface area contributed by atoms with Crippen molar-refractivity contribution in [2.75, 3.05) is 13.1 Å². The highest BCUT2D eigenvalue weighted by Crippen LogP contribution is 2.37. The van der Waals surface area contributed by atoms with Gasteiger partial charge >= 0.3 is 0 Å². The summed E-state index contributed by atoms with van der Waals surface area (Å²) in [5.74, 6) is -0.388. The van der Waals surface area contributed by atoms with E-state index < -0.39 is 17.8 Å². The van der Waals surface area contributed by atoms with Crippen molar-refractivity contribution in [1.29, 1.82) is 5.26 Å². The number of fused-ring (bicyclic) bond motifs is 1. The van der Waals surface area contributed by atoms with Crippen LogP contribution in [0, 0.1) is 17.1 Å². The number of carbonyl (C=O) groups is 3. The van der Waals surface area contributed by atoms with Crippen LogP contribution in [0.2, 0.25) is 0 Å². The molecule has 3 atom stereocenters. The molecule has 0 radical (unpaired) electrons. The third-order valence-corrected chi connectivity index (χ3v) is 8.40. The van der Waals surface area contributed by atoms with Crippen LogP contribution in [0.25, 0.3) is 0 Å². The molecule has 1 aliphatic carbocycles. The summed E-state index contributed by atoms with van der Waals surface area (Å²) < 4.78 is 20.1. The van der Waals surface area contributed by atoms with Crippen LogP contribution < -0.4 is 10.1 Å². The average molecular weight is 517 g/mol. The van der Waals surface area contributed by atoms with Gasteiger partial charge in [0, 0.05) is 43.6 Å². The second-order valence-corrected chi connectivity index (χ2v) is 10.7. The largest absolute Gasteiger partial charge is 0.489 e. The number of nitrogens with zero attached hydrogens (tertiary/aromatic N) is 3. The summed E-state index contributed by atoms with van der Waals surface area (Å²) in [4.78, 5) is 40.8. The Morgan fingerprint density at radius 1 is 1.03 bits per heavy atom. The van der Waals surface area contributed by atoms with Crippen molar-refractivity contribution in [3.8, 4) is 11.8 Å². The van der Waals surface area contributed by atoms with Gasteiger partial charge in [0.15, 0.2) is 0 Å². The molecular formula is C29H29FN4O4. The smallest absolute Gasteiger partial charge is 0.255 e. The lowest BCUT2D eigenvalue weighted by molar-refractivity contribution is -0.136. The summed E-state index contributed by atoms with van der Waals surface area (Å²) in [6.45, 7) is 1.94. The van der Waals surface area contributed by atoms with Gasteiger partial charge in [0.05, 0.1) is 11.6 Å². The van der Waals surface area contributed by atoms with Crippen molar-refractivity contribution in [2.24, 2.45) is 0 Å². The Morgan fingerprint density at radius 3 is 2.63 bits per heavy atom. The summed E-state index contributed by atoms with van der Waals surface area (Å²) in [6.07, 6.45) is 4.75. The molecule has 0 aromatic heterocycles. The Balaban J connectivity index is 1.12. The third-order valence-electron chi connectivity index (χ3n) is 8.40. The van der Waals surface area contributed by atoms with E-state index in [0.717, 1.165) is 49.9 Å². The monoisotopic (exact) mass is 516 g/mol. The topological polar surface area (TPSA) is 103 Å². The lowest BCUT2D eigenvalue weighted by Crippen LogP contribution is -2.57. The third kappa shape index (κ3) is 4.43. The Hall–Kier alpha value is -3.77. The quantitative estimate of drug-likeness (QED) is 0.612. The minimum Gasteiger partial charge on any atom is -0.489 e. The molecule has 2 aromatic rings. The number of rotatable bonds is 5. The zero-order chi connectivity index (χ0) is 26.4. The molecule has 9 heteroatoms. The van der Waals surface area contributed by atoms with Gasteiger partial charge in [-0.1, -0.05) is 12.5 Å². The van der Waals surface area contributed by atoms with Crippen LogP contribution in [0.4, 0.5) is 4.39 Å². The number of hydrogen-bond acceptors (Lipinski definition) is 6. The molecule has 6 rings (SSSR count). The molecule has 0 spiro atoms. The van der Waals surface area contributed by atoms with Crippen molar-refractivity contribution < 1.29 is 23.5 Å². The minimum absolute atomic E-state index is 0.00903. The molecule has 3 heterocycles. The van der Waals surface area contributed by atoms with Crippen LogP contribution in [0.5, 0.6) is 5.75 Å². The lowest BCUT2D eigenvalue weighted by Gasteiger charge is -2.48. The van der Waals surface area contributed by atoms with E-state index in [0.29, 0.717) is 29.8 Å². The van der Waals surface area contributed by atoms with Gasteiger partial charge < -0.3 is 9.64 Å². The predicted octanol–water partition coefficient (Wildman–Crippen LogP) is 3.25. The number of carbonyl (C=O) groups excluding carboxylic acids is 3. The van der Waals surface area contributed by atoms with E-state index in [1.165, 1.54) is 12.1 Å². The van der Waals surface area contributed by atoms with Crippen LogP contribution in [-0.4, -0.2) is 58.8 Å². The highest BCUT2D eigenvalue weighted by atomic mass is 19.1. The molecule has 2 saturated heterocycles. The summed E-state index contributed by atoms with van der Waals surface area (Å²) in [6, 6.07) is 11.7. The fourth-order valence-electron chi connectivity index (χ4n) is 6.39. The first-order chi connectivity index (χ1) is 18.4. The molecule has 38 heavy (non-hydrogen) atoms. The van der Waals surface area contributed by atoms with Crippen LogP contribution in [0.15, 0.2) is 36.4 Å². The van der Waals surface area contributed by atoms with E-state index >= 15 is 0 Å². The second kappa shape index (κ2) is 9.84. The lowest BCUT2D eigenvalue weighted by atomic mass is 9.83. The van der Waals surface area contributed by atoms with E-state index in [1.807, 2.05) is 12.1 Å².